The largest absolute Gasteiger partial charge is 0.305 e. The third-order valence-corrected chi connectivity index (χ3v) is 4.20. The second-order valence-corrected chi connectivity index (χ2v) is 5.69. The molecule has 0 aromatic carbocycles. The first-order chi connectivity index (χ1) is 9.22. The zero-order valence-corrected chi connectivity index (χ0v) is 12.7. The Morgan fingerprint density at radius 1 is 1.32 bits per heavy atom. The summed E-state index contributed by atoms with van der Waals surface area (Å²) < 4.78 is 2.09. The normalized spacial score (nSPS) is 11.4. The van der Waals surface area contributed by atoms with Crippen molar-refractivity contribution in [1.29, 1.82) is 0 Å². The molecule has 2 aromatic heterocycles. The number of thiazole rings is 1. The van der Waals surface area contributed by atoms with Crippen LogP contribution in [0.4, 0.5) is 0 Å². The predicted molar refractivity (Wildman–Crippen MR) is 79.2 cm³/mol. The van der Waals surface area contributed by atoms with E-state index in [4.69, 9.17) is 0 Å². The molecule has 5 heteroatoms. The summed E-state index contributed by atoms with van der Waals surface area (Å²) in [5.41, 5.74) is 2.19. The first-order valence-corrected chi connectivity index (χ1v) is 7.76. The van der Waals surface area contributed by atoms with E-state index >= 15 is 0 Å². The molecular formula is C14H22N4S. The second-order valence-electron chi connectivity index (χ2n) is 4.74. The lowest BCUT2D eigenvalue weighted by molar-refractivity contribution is 0.424. The van der Waals surface area contributed by atoms with Gasteiger partial charge in [-0.2, -0.15) is 5.10 Å². The van der Waals surface area contributed by atoms with E-state index in [1.807, 2.05) is 6.92 Å². The molecule has 0 radical (unpaired) electrons. The van der Waals surface area contributed by atoms with Crippen LogP contribution >= 0.6 is 11.3 Å². The van der Waals surface area contributed by atoms with Crippen LogP contribution in [0.2, 0.25) is 0 Å². The van der Waals surface area contributed by atoms with Gasteiger partial charge in [0.1, 0.15) is 5.01 Å². The van der Waals surface area contributed by atoms with E-state index < -0.39 is 0 Å². The number of nitrogens with zero attached hydrogens (tertiary/aromatic N) is 3. The van der Waals surface area contributed by atoms with Crippen molar-refractivity contribution in [2.45, 2.75) is 52.7 Å². The SMILES string of the molecule is CCC(CC)n1ccc(CNCc2nc(C)cs2)n1. The number of aromatic nitrogens is 3. The maximum Gasteiger partial charge on any atom is 0.107 e. The highest BCUT2D eigenvalue weighted by molar-refractivity contribution is 7.09. The number of aryl methyl sites for hydroxylation is 1. The van der Waals surface area contributed by atoms with Crippen LogP contribution in [0.3, 0.4) is 0 Å². The van der Waals surface area contributed by atoms with E-state index in [9.17, 15) is 0 Å². The molecule has 0 aliphatic rings. The van der Waals surface area contributed by atoms with E-state index in [1.54, 1.807) is 11.3 Å². The summed E-state index contributed by atoms with van der Waals surface area (Å²) in [7, 11) is 0. The van der Waals surface area contributed by atoms with Gasteiger partial charge in [-0.1, -0.05) is 13.8 Å². The van der Waals surface area contributed by atoms with Crippen molar-refractivity contribution in [2.75, 3.05) is 0 Å². The Balaban J connectivity index is 1.83. The van der Waals surface area contributed by atoms with Crippen LogP contribution in [0.5, 0.6) is 0 Å². The monoisotopic (exact) mass is 278 g/mol. The maximum atomic E-state index is 4.63. The van der Waals surface area contributed by atoms with Gasteiger partial charge in [0.05, 0.1) is 11.7 Å². The quantitative estimate of drug-likeness (QED) is 0.845. The molecule has 0 bridgehead atoms. The Morgan fingerprint density at radius 2 is 2.11 bits per heavy atom. The number of hydrogen-bond acceptors (Lipinski definition) is 4. The topological polar surface area (TPSA) is 42.7 Å². The summed E-state index contributed by atoms with van der Waals surface area (Å²) in [6.07, 6.45) is 4.34. The molecule has 1 N–H and O–H groups in total. The number of hydrogen-bond donors (Lipinski definition) is 1. The smallest absolute Gasteiger partial charge is 0.107 e. The molecule has 0 spiro atoms. The third-order valence-electron chi connectivity index (χ3n) is 3.23. The Kier molecular flexibility index (Phi) is 5.10. The Labute approximate surface area is 118 Å². The summed E-state index contributed by atoms with van der Waals surface area (Å²) >= 11 is 1.70. The van der Waals surface area contributed by atoms with Gasteiger partial charge < -0.3 is 5.32 Å². The van der Waals surface area contributed by atoms with Crippen LogP contribution in [-0.4, -0.2) is 14.8 Å². The van der Waals surface area contributed by atoms with Crippen molar-refractivity contribution in [1.82, 2.24) is 20.1 Å². The van der Waals surface area contributed by atoms with Gasteiger partial charge in [0.15, 0.2) is 0 Å². The molecule has 4 nitrogen and oxygen atoms in total. The lowest BCUT2D eigenvalue weighted by Crippen LogP contribution is -2.14. The van der Waals surface area contributed by atoms with Gasteiger partial charge in [0, 0.05) is 30.4 Å². The van der Waals surface area contributed by atoms with Crippen molar-refractivity contribution in [2.24, 2.45) is 0 Å². The van der Waals surface area contributed by atoms with Crippen molar-refractivity contribution < 1.29 is 0 Å². The van der Waals surface area contributed by atoms with Crippen molar-refractivity contribution in [3.05, 3.63) is 34.0 Å². The van der Waals surface area contributed by atoms with Gasteiger partial charge in [-0.3, -0.25) is 4.68 Å². The van der Waals surface area contributed by atoms with Gasteiger partial charge >= 0.3 is 0 Å². The minimum absolute atomic E-state index is 0.523. The summed E-state index contributed by atoms with van der Waals surface area (Å²) in [5.74, 6) is 0. The van der Waals surface area contributed by atoms with E-state index in [0.29, 0.717) is 6.04 Å². The number of nitrogens with one attached hydrogen (secondary N) is 1. The molecule has 0 saturated heterocycles. The maximum absolute atomic E-state index is 4.63. The van der Waals surface area contributed by atoms with Crippen molar-refractivity contribution in [3.63, 3.8) is 0 Å². The van der Waals surface area contributed by atoms with E-state index in [2.05, 4.69) is 51.6 Å². The molecule has 0 saturated carbocycles. The summed E-state index contributed by atoms with van der Waals surface area (Å²) in [4.78, 5) is 4.43. The highest BCUT2D eigenvalue weighted by Crippen LogP contribution is 2.14. The predicted octanol–water partition coefficient (Wildman–Crippen LogP) is 3.30. The fraction of sp³-hybridized carbons (Fsp3) is 0.571. The average molecular weight is 278 g/mol. The van der Waals surface area contributed by atoms with Gasteiger partial charge in [-0.25, -0.2) is 4.98 Å². The molecule has 2 aromatic rings. The van der Waals surface area contributed by atoms with Crippen LogP contribution in [0.25, 0.3) is 0 Å². The second kappa shape index (κ2) is 6.82. The van der Waals surface area contributed by atoms with Crippen molar-refractivity contribution >= 4 is 11.3 Å². The van der Waals surface area contributed by atoms with Crippen LogP contribution in [-0.2, 0) is 13.1 Å². The molecule has 0 amide bonds. The summed E-state index contributed by atoms with van der Waals surface area (Å²) in [6, 6.07) is 2.62. The van der Waals surface area contributed by atoms with Crippen LogP contribution in [0.15, 0.2) is 17.6 Å². The van der Waals surface area contributed by atoms with E-state index in [0.717, 1.165) is 42.3 Å². The van der Waals surface area contributed by atoms with Gasteiger partial charge in [-0.05, 0) is 25.8 Å². The molecule has 0 atom stereocenters. The molecule has 0 unspecified atom stereocenters. The Bertz CT molecular complexity index is 499. The minimum atomic E-state index is 0.523. The average Bonchev–Trinajstić information content (AvgIpc) is 3.01. The molecule has 2 rings (SSSR count). The van der Waals surface area contributed by atoms with Gasteiger partial charge in [0.25, 0.3) is 0 Å². The number of rotatable bonds is 7. The first-order valence-electron chi connectivity index (χ1n) is 6.88. The van der Waals surface area contributed by atoms with Crippen molar-refractivity contribution in [3.8, 4) is 0 Å². The highest BCUT2D eigenvalue weighted by atomic mass is 32.1. The molecule has 0 aliphatic carbocycles. The van der Waals surface area contributed by atoms with E-state index in [1.165, 1.54) is 0 Å². The first kappa shape index (κ1) is 14.2. The van der Waals surface area contributed by atoms with E-state index in [-0.39, 0.29) is 0 Å². The summed E-state index contributed by atoms with van der Waals surface area (Å²) in [5, 5.41) is 11.2. The molecule has 2 heterocycles. The third kappa shape index (κ3) is 3.88. The molecule has 0 fully saturated rings. The molecule has 0 aliphatic heterocycles. The fourth-order valence-electron chi connectivity index (χ4n) is 2.12. The fourth-order valence-corrected chi connectivity index (χ4v) is 2.86. The Hall–Kier alpha value is -1.20. The molecular weight excluding hydrogens is 256 g/mol. The lowest BCUT2D eigenvalue weighted by Gasteiger charge is -2.12. The Morgan fingerprint density at radius 3 is 2.74 bits per heavy atom. The zero-order chi connectivity index (χ0) is 13.7. The van der Waals surface area contributed by atoms with Gasteiger partial charge in [-0.15, -0.1) is 11.3 Å². The highest BCUT2D eigenvalue weighted by Gasteiger charge is 2.07. The minimum Gasteiger partial charge on any atom is -0.305 e. The lowest BCUT2D eigenvalue weighted by atomic mass is 10.2. The summed E-state index contributed by atoms with van der Waals surface area (Å²) in [6.45, 7) is 8.05. The standard InChI is InChI=1S/C14H22N4S/c1-4-13(5-2)18-7-6-12(17-18)8-15-9-14-16-11(3)10-19-14/h6-7,10,13,15H,4-5,8-9H2,1-3H3. The van der Waals surface area contributed by atoms with Crippen LogP contribution in [0, 0.1) is 6.92 Å². The van der Waals surface area contributed by atoms with Crippen LogP contribution < -0.4 is 5.32 Å². The van der Waals surface area contributed by atoms with Gasteiger partial charge in [0.2, 0.25) is 0 Å². The van der Waals surface area contributed by atoms with Crippen LogP contribution in [0.1, 0.15) is 49.1 Å². The molecule has 19 heavy (non-hydrogen) atoms. The zero-order valence-electron chi connectivity index (χ0n) is 11.9. The molecule has 104 valence electrons.